The quantitative estimate of drug-likeness (QED) is 0.499. The van der Waals surface area contributed by atoms with E-state index in [0.717, 1.165) is 12.8 Å². The van der Waals surface area contributed by atoms with Crippen molar-refractivity contribution in [2.45, 2.75) is 69.3 Å². The Kier molecular flexibility index (Phi) is 3.87. The van der Waals surface area contributed by atoms with E-state index in [2.05, 4.69) is 59.6 Å². The predicted molar refractivity (Wildman–Crippen MR) is 93.2 cm³/mol. The van der Waals surface area contributed by atoms with E-state index >= 15 is 0 Å². The van der Waals surface area contributed by atoms with E-state index in [4.69, 9.17) is 4.74 Å². The van der Waals surface area contributed by atoms with Crippen molar-refractivity contribution in [3.05, 3.63) is 0 Å². The van der Waals surface area contributed by atoms with E-state index in [9.17, 15) is 9.90 Å². The van der Waals surface area contributed by atoms with Crippen molar-refractivity contribution in [1.29, 1.82) is 0 Å². The second-order valence-corrected chi connectivity index (χ2v) is 10.4. The maximum atomic E-state index is 11.6. The molecule has 9 atom stereocenters. The topological polar surface area (TPSA) is 46.5 Å². The van der Waals surface area contributed by atoms with Crippen LogP contribution in [0.15, 0.2) is 0 Å². The van der Waals surface area contributed by atoms with Crippen LogP contribution in [0.2, 0.25) is 0 Å². The molecule has 3 rings (SSSR count). The van der Waals surface area contributed by atoms with Crippen molar-refractivity contribution in [1.82, 2.24) is 0 Å². The van der Waals surface area contributed by atoms with E-state index in [1.54, 1.807) is 0 Å². The average molecular weight is 438 g/mol. The molecule has 3 aliphatic rings. The Morgan fingerprint density at radius 1 is 1.14 bits per heavy atom. The van der Waals surface area contributed by atoms with Gasteiger partial charge in [-0.15, -0.1) is 0 Å². The summed E-state index contributed by atoms with van der Waals surface area (Å²) in [5.41, 5.74) is -0.0757. The van der Waals surface area contributed by atoms with Crippen LogP contribution in [0.3, 0.4) is 0 Å². The Bertz CT molecular complexity index is 512. The fourth-order valence-electron chi connectivity index (χ4n) is 6.55. The van der Waals surface area contributed by atoms with Crippen molar-refractivity contribution in [2.75, 3.05) is 0 Å². The van der Waals surface area contributed by atoms with Crippen LogP contribution in [-0.2, 0) is 9.53 Å². The molecule has 0 aromatic carbocycles. The van der Waals surface area contributed by atoms with Gasteiger partial charge in [0.05, 0.1) is 6.10 Å². The third kappa shape index (κ3) is 1.64. The standard InChI is InChI=1S/C17H26Br2O3/c1-8-13(19)14(21)9(2)17-12(22-10(3)20)7-16(17,5)11(18)6-15(8,17)4/h8-9,11-14,21H,6-7H2,1-5H3/t8-,9-,11-,12+,13-,14+,15+,16-,17+/m0/s1. The Balaban J connectivity index is 2.16. The largest absolute Gasteiger partial charge is 0.462 e. The van der Waals surface area contributed by atoms with Gasteiger partial charge in [-0.05, 0) is 35.5 Å². The number of carbonyl (C=O) groups excluding carboxylic acids is 1. The highest BCUT2D eigenvalue weighted by molar-refractivity contribution is 9.09. The molecule has 22 heavy (non-hydrogen) atoms. The number of esters is 1. The van der Waals surface area contributed by atoms with Gasteiger partial charge in [-0.25, -0.2) is 0 Å². The lowest BCUT2D eigenvalue weighted by atomic mass is 9.35. The number of hydrogen-bond acceptors (Lipinski definition) is 3. The van der Waals surface area contributed by atoms with Gasteiger partial charge in [0.25, 0.3) is 0 Å². The smallest absolute Gasteiger partial charge is 0.302 e. The second kappa shape index (κ2) is 4.95. The zero-order valence-corrected chi connectivity index (χ0v) is 17.1. The average Bonchev–Trinajstić information content (AvgIpc) is 2.55. The monoisotopic (exact) mass is 436 g/mol. The number of alkyl halides is 2. The van der Waals surface area contributed by atoms with Crippen LogP contribution in [0.5, 0.6) is 0 Å². The van der Waals surface area contributed by atoms with Crippen molar-refractivity contribution in [3.8, 4) is 0 Å². The molecule has 5 heteroatoms. The molecule has 0 aromatic rings. The van der Waals surface area contributed by atoms with Crippen LogP contribution in [0, 0.1) is 28.1 Å². The molecule has 0 amide bonds. The number of aliphatic hydroxyl groups excluding tert-OH is 1. The molecule has 0 aromatic heterocycles. The number of rotatable bonds is 1. The minimum Gasteiger partial charge on any atom is -0.462 e. The SMILES string of the molecule is CC(=O)O[C@@H]1C[C@@]2(C)[C@@H](Br)C[C@]3(C)[C@@H](C)[C@H](Br)[C@H](O)[C@H](C)[C@]123. The molecular weight excluding hydrogens is 412 g/mol. The Morgan fingerprint density at radius 2 is 1.73 bits per heavy atom. The summed E-state index contributed by atoms with van der Waals surface area (Å²) in [5, 5.41) is 10.8. The minimum absolute atomic E-state index is 0.0289. The van der Waals surface area contributed by atoms with Gasteiger partial charge in [0.1, 0.15) is 6.10 Å². The number of aliphatic hydroxyl groups is 1. The van der Waals surface area contributed by atoms with Crippen LogP contribution in [0.4, 0.5) is 0 Å². The first-order valence-electron chi connectivity index (χ1n) is 8.17. The van der Waals surface area contributed by atoms with Gasteiger partial charge in [-0.3, -0.25) is 4.79 Å². The molecule has 3 saturated carbocycles. The summed E-state index contributed by atoms with van der Waals surface area (Å²) in [4.78, 5) is 12.1. The molecule has 3 fully saturated rings. The normalized spacial score (nSPS) is 60.2. The zero-order chi connectivity index (χ0) is 16.7. The summed E-state index contributed by atoms with van der Waals surface area (Å²) in [6.45, 7) is 10.5. The van der Waals surface area contributed by atoms with Gasteiger partial charge in [0.15, 0.2) is 0 Å². The first kappa shape index (κ1) is 17.2. The first-order chi connectivity index (χ1) is 10.0. The van der Waals surface area contributed by atoms with Crippen molar-refractivity contribution in [3.63, 3.8) is 0 Å². The fourth-order valence-corrected chi connectivity index (χ4v) is 8.83. The molecule has 3 aliphatic carbocycles. The van der Waals surface area contributed by atoms with E-state index in [1.165, 1.54) is 6.92 Å². The Labute approximate surface area is 149 Å². The summed E-state index contributed by atoms with van der Waals surface area (Å²) < 4.78 is 5.76. The molecule has 0 bridgehead atoms. The lowest BCUT2D eigenvalue weighted by Crippen LogP contribution is -2.74. The van der Waals surface area contributed by atoms with Crippen molar-refractivity contribution < 1.29 is 14.6 Å². The number of ether oxygens (including phenoxy) is 1. The second-order valence-electron chi connectivity index (χ2n) is 8.19. The maximum Gasteiger partial charge on any atom is 0.302 e. The molecule has 0 saturated heterocycles. The zero-order valence-electron chi connectivity index (χ0n) is 13.9. The molecule has 0 heterocycles. The maximum absolute atomic E-state index is 11.6. The highest BCUT2D eigenvalue weighted by Gasteiger charge is 2.82. The molecule has 1 N–H and O–H groups in total. The third-order valence-electron chi connectivity index (χ3n) is 7.65. The highest BCUT2D eigenvalue weighted by atomic mass is 79.9. The molecule has 0 unspecified atom stereocenters. The Hall–Kier alpha value is 0.390. The number of halogens is 2. The van der Waals surface area contributed by atoms with Crippen molar-refractivity contribution in [2.24, 2.45) is 28.1 Å². The molecule has 1 spiro atoms. The summed E-state index contributed by atoms with van der Waals surface area (Å²) in [6, 6.07) is 0. The van der Waals surface area contributed by atoms with Gasteiger partial charge in [-0.1, -0.05) is 59.6 Å². The first-order valence-corrected chi connectivity index (χ1v) is 10.0. The van der Waals surface area contributed by atoms with E-state index in [1.807, 2.05) is 0 Å². The van der Waals surface area contributed by atoms with Gasteiger partial charge in [0.2, 0.25) is 0 Å². The van der Waals surface area contributed by atoms with E-state index in [-0.39, 0.29) is 39.1 Å². The van der Waals surface area contributed by atoms with E-state index in [0.29, 0.717) is 10.7 Å². The van der Waals surface area contributed by atoms with Crippen LogP contribution in [-0.4, -0.2) is 32.9 Å². The summed E-state index contributed by atoms with van der Waals surface area (Å²) in [6.07, 6.45) is 1.43. The fraction of sp³-hybridized carbons (Fsp3) is 0.941. The van der Waals surface area contributed by atoms with E-state index < -0.39 is 6.10 Å². The van der Waals surface area contributed by atoms with Crippen LogP contribution >= 0.6 is 31.9 Å². The third-order valence-corrected chi connectivity index (χ3v) is 10.3. The summed E-state index contributed by atoms with van der Waals surface area (Å²) in [7, 11) is 0. The molecular formula is C17H26Br2O3. The molecule has 3 nitrogen and oxygen atoms in total. The number of carbonyl (C=O) groups is 1. The summed E-state index contributed by atoms with van der Waals surface area (Å²) in [5.74, 6) is 0.194. The lowest BCUT2D eigenvalue weighted by molar-refractivity contribution is -0.286. The van der Waals surface area contributed by atoms with Crippen LogP contribution in [0.25, 0.3) is 0 Å². The lowest BCUT2D eigenvalue weighted by Gasteiger charge is -2.71. The minimum atomic E-state index is -0.418. The predicted octanol–water partition coefficient (Wildman–Crippen LogP) is 3.90. The van der Waals surface area contributed by atoms with Gasteiger partial charge >= 0.3 is 5.97 Å². The van der Waals surface area contributed by atoms with Gasteiger partial charge < -0.3 is 9.84 Å². The molecule has 126 valence electrons. The Morgan fingerprint density at radius 3 is 2.27 bits per heavy atom. The van der Waals surface area contributed by atoms with Crippen LogP contribution in [0.1, 0.15) is 47.5 Å². The van der Waals surface area contributed by atoms with Gasteiger partial charge in [0, 0.05) is 22.0 Å². The highest BCUT2D eigenvalue weighted by Crippen LogP contribution is 2.82. The van der Waals surface area contributed by atoms with Crippen molar-refractivity contribution >= 4 is 37.8 Å². The molecule has 0 aliphatic heterocycles. The molecule has 0 radical (unpaired) electrons. The summed E-state index contributed by atoms with van der Waals surface area (Å²) >= 11 is 7.66. The van der Waals surface area contributed by atoms with Gasteiger partial charge in [-0.2, -0.15) is 0 Å². The number of hydrogen-bond donors (Lipinski definition) is 1. The van der Waals surface area contributed by atoms with Crippen LogP contribution < -0.4 is 0 Å².